The molecule has 4 nitrogen and oxygen atoms in total. The lowest BCUT2D eigenvalue weighted by molar-refractivity contribution is -0.114. The Morgan fingerprint density at radius 3 is 2.62 bits per heavy atom. The van der Waals surface area contributed by atoms with E-state index in [0.717, 1.165) is 4.90 Å². The first-order chi connectivity index (χ1) is 11.4. The number of benzene rings is 2. The van der Waals surface area contributed by atoms with Crippen molar-refractivity contribution in [3.8, 4) is 5.75 Å². The van der Waals surface area contributed by atoms with Crippen molar-refractivity contribution in [1.29, 1.82) is 0 Å². The molecule has 0 heterocycles. The van der Waals surface area contributed by atoms with E-state index in [2.05, 4.69) is 5.32 Å². The highest BCUT2D eigenvalue weighted by molar-refractivity contribution is 7.99. The second-order valence-electron chi connectivity index (χ2n) is 5.06. The lowest BCUT2D eigenvalue weighted by Crippen LogP contribution is -2.20. The predicted octanol–water partition coefficient (Wildman–Crippen LogP) is 4.48. The maximum atomic E-state index is 11.0. The van der Waals surface area contributed by atoms with Gasteiger partial charge in [0.25, 0.3) is 0 Å². The van der Waals surface area contributed by atoms with Crippen LogP contribution in [0.2, 0.25) is 10.0 Å². The first kappa shape index (κ1) is 18.9. The van der Waals surface area contributed by atoms with Gasteiger partial charge in [0.2, 0.25) is 5.91 Å². The van der Waals surface area contributed by atoms with Crippen molar-refractivity contribution in [3.63, 3.8) is 0 Å². The van der Waals surface area contributed by atoms with Gasteiger partial charge < -0.3 is 15.2 Å². The molecule has 0 aliphatic carbocycles. The lowest BCUT2D eigenvalue weighted by Gasteiger charge is -2.13. The number of hydrogen-bond donors (Lipinski definition) is 2. The SMILES string of the molecule is CC(=O)Nc1ccc(OCC(O)CSc2cc(Cl)ccc2Cl)cc1. The zero-order chi connectivity index (χ0) is 17.5. The molecule has 0 aromatic heterocycles. The van der Waals surface area contributed by atoms with E-state index < -0.39 is 6.10 Å². The molecule has 2 aromatic carbocycles. The number of rotatable bonds is 7. The first-order valence-electron chi connectivity index (χ1n) is 7.20. The molecular weight excluding hydrogens is 369 g/mol. The van der Waals surface area contributed by atoms with Gasteiger partial charge in [-0.05, 0) is 42.5 Å². The molecule has 0 saturated carbocycles. The Labute approximate surface area is 155 Å². The second-order valence-corrected chi connectivity index (χ2v) is 6.96. The Morgan fingerprint density at radius 2 is 1.96 bits per heavy atom. The minimum atomic E-state index is -0.653. The van der Waals surface area contributed by atoms with Gasteiger partial charge in [-0.2, -0.15) is 0 Å². The largest absolute Gasteiger partial charge is 0.491 e. The molecule has 1 unspecified atom stereocenters. The van der Waals surface area contributed by atoms with E-state index in [1.807, 2.05) is 0 Å². The van der Waals surface area contributed by atoms with Gasteiger partial charge in [-0.25, -0.2) is 0 Å². The van der Waals surface area contributed by atoms with Crippen molar-refractivity contribution in [2.24, 2.45) is 0 Å². The molecule has 2 rings (SSSR count). The van der Waals surface area contributed by atoms with Crippen LogP contribution in [0.3, 0.4) is 0 Å². The van der Waals surface area contributed by atoms with Crippen LogP contribution >= 0.6 is 35.0 Å². The third kappa shape index (κ3) is 6.24. The summed E-state index contributed by atoms with van der Waals surface area (Å²) in [6.07, 6.45) is -0.653. The minimum absolute atomic E-state index is 0.129. The summed E-state index contributed by atoms with van der Waals surface area (Å²) in [5, 5.41) is 13.9. The van der Waals surface area contributed by atoms with Crippen LogP contribution < -0.4 is 10.1 Å². The van der Waals surface area contributed by atoms with Gasteiger partial charge in [-0.1, -0.05) is 23.2 Å². The highest BCUT2D eigenvalue weighted by Crippen LogP contribution is 2.30. The number of amides is 1. The van der Waals surface area contributed by atoms with Gasteiger partial charge in [-0.3, -0.25) is 4.79 Å². The topological polar surface area (TPSA) is 58.6 Å². The molecule has 7 heteroatoms. The number of nitrogens with one attached hydrogen (secondary N) is 1. The average Bonchev–Trinajstić information content (AvgIpc) is 2.54. The van der Waals surface area contributed by atoms with Crippen LogP contribution in [-0.4, -0.2) is 29.5 Å². The summed E-state index contributed by atoms with van der Waals surface area (Å²) < 4.78 is 5.54. The normalized spacial score (nSPS) is 11.8. The van der Waals surface area contributed by atoms with E-state index in [1.165, 1.54) is 18.7 Å². The fourth-order valence-electron chi connectivity index (χ4n) is 1.85. The van der Waals surface area contributed by atoms with Gasteiger partial charge in [-0.15, -0.1) is 11.8 Å². The number of thioether (sulfide) groups is 1. The summed E-state index contributed by atoms with van der Waals surface area (Å²) in [4.78, 5) is 11.8. The molecule has 0 fully saturated rings. The molecule has 2 N–H and O–H groups in total. The second kappa shape index (κ2) is 9.18. The maximum Gasteiger partial charge on any atom is 0.221 e. The van der Waals surface area contributed by atoms with Crippen LogP contribution in [0.1, 0.15) is 6.92 Å². The van der Waals surface area contributed by atoms with E-state index in [-0.39, 0.29) is 12.5 Å². The summed E-state index contributed by atoms with van der Waals surface area (Å²) in [7, 11) is 0. The summed E-state index contributed by atoms with van der Waals surface area (Å²) in [5.74, 6) is 0.925. The number of halogens is 2. The Hall–Kier alpha value is -1.40. The lowest BCUT2D eigenvalue weighted by atomic mass is 10.3. The zero-order valence-corrected chi connectivity index (χ0v) is 15.3. The predicted molar refractivity (Wildman–Crippen MR) is 99.4 cm³/mol. The van der Waals surface area contributed by atoms with E-state index >= 15 is 0 Å². The van der Waals surface area contributed by atoms with Crippen LogP contribution in [0.4, 0.5) is 5.69 Å². The number of hydrogen-bond acceptors (Lipinski definition) is 4. The minimum Gasteiger partial charge on any atom is -0.491 e. The van der Waals surface area contributed by atoms with E-state index in [4.69, 9.17) is 27.9 Å². The smallest absolute Gasteiger partial charge is 0.221 e. The fraction of sp³-hybridized carbons (Fsp3) is 0.235. The number of aliphatic hydroxyl groups is 1. The zero-order valence-electron chi connectivity index (χ0n) is 13.0. The van der Waals surface area contributed by atoms with Gasteiger partial charge >= 0.3 is 0 Å². The van der Waals surface area contributed by atoms with Crippen LogP contribution in [-0.2, 0) is 4.79 Å². The van der Waals surface area contributed by atoms with Crippen molar-refractivity contribution in [1.82, 2.24) is 0 Å². The van der Waals surface area contributed by atoms with Crippen molar-refractivity contribution in [3.05, 3.63) is 52.5 Å². The van der Waals surface area contributed by atoms with Crippen LogP contribution in [0.5, 0.6) is 5.75 Å². The molecule has 0 radical (unpaired) electrons. The molecule has 1 amide bonds. The van der Waals surface area contributed by atoms with Gasteiger partial charge in [0, 0.05) is 28.3 Å². The molecule has 0 aliphatic heterocycles. The monoisotopic (exact) mass is 385 g/mol. The number of anilines is 1. The molecule has 0 saturated heterocycles. The van der Waals surface area contributed by atoms with Crippen molar-refractivity contribution in [2.75, 3.05) is 17.7 Å². The molecule has 1 atom stereocenters. The molecule has 24 heavy (non-hydrogen) atoms. The highest BCUT2D eigenvalue weighted by atomic mass is 35.5. The van der Waals surface area contributed by atoms with E-state index in [9.17, 15) is 9.90 Å². The van der Waals surface area contributed by atoms with Crippen LogP contribution in [0.25, 0.3) is 0 Å². The molecule has 0 aliphatic rings. The molecule has 0 bridgehead atoms. The van der Waals surface area contributed by atoms with Gasteiger partial charge in [0.15, 0.2) is 0 Å². The van der Waals surface area contributed by atoms with E-state index in [0.29, 0.717) is 27.2 Å². The number of aliphatic hydroxyl groups excluding tert-OH is 1. The molecule has 2 aromatic rings. The number of ether oxygens (including phenoxy) is 1. The van der Waals surface area contributed by atoms with Crippen LogP contribution in [0, 0.1) is 0 Å². The first-order valence-corrected chi connectivity index (χ1v) is 8.94. The standard InChI is InChI=1S/C17H17Cl2NO3S/c1-11(21)20-13-3-5-15(6-4-13)23-9-14(22)10-24-17-8-12(18)2-7-16(17)19/h2-8,14,22H,9-10H2,1H3,(H,20,21). The summed E-state index contributed by atoms with van der Waals surface area (Å²) in [6, 6.07) is 12.2. The Morgan fingerprint density at radius 1 is 1.25 bits per heavy atom. The average molecular weight is 386 g/mol. The third-order valence-electron chi connectivity index (χ3n) is 2.94. The highest BCUT2D eigenvalue weighted by Gasteiger charge is 2.09. The number of carbonyl (C=O) groups excluding carboxylic acids is 1. The Bertz CT molecular complexity index is 695. The summed E-state index contributed by atoms with van der Waals surface area (Å²) in [5.41, 5.74) is 0.696. The van der Waals surface area contributed by atoms with Crippen molar-refractivity contribution < 1.29 is 14.6 Å². The van der Waals surface area contributed by atoms with Crippen molar-refractivity contribution in [2.45, 2.75) is 17.9 Å². The van der Waals surface area contributed by atoms with Gasteiger partial charge in [0.05, 0.1) is 11.1 Å². The van der Waals surface area contributed by atoms with Crippen molar-refractivity contribution >= 4 is 46.6 Å². The molecule has 0 spiro atoms. The van der Waals surface area contributed by atoms with Crippen LogP contribution in [0.15, 0.2) is 47.4 Å². The Balaban J connectivity index is 1.79. The Kier molecular flexibility index (Phi) is 7.24. The summed E-state index contributed by atoms with van der Waals surface area (Å²) in [6.45, 7) is 1.61. The molecular formula is C17H17Cl2NO3S. The fourth-order valence-corrected chi connectivity index (χ4v) is 3.25. The number of carbonyl (C=O) groups is 1. The van der Waals surface area contributed by atoms with Gasteiger partial charge in [0.1, 0.15) is 12.4 Å². The van der Waals surface area contributed by atoms with E-state index in [1.54, 1.807) is 42.5 Å². The quantitative estimate of drug-likeness (QED) is 0.689. The summed E-state index contributed by atoms with van der Waals surface area (Å²) >= 11 is 13.4. The maximum absolute atomic E-state index is 11.0. The molecule has 128 valence electrons. The third-order valence-corrected chi connectivity index (χ3v) is 4.82.